The minimum absolute atomic E-state index is 0.0245. The quantitative estimate of drug-likeness (QED) is 0.244. The Morgan fingerprint density at radius 1 is 1.13 bits per heavy atom. The van der Waals surface area contributed by atoms with Crippen LogP contribution in [0.4, 0.5) is 0 Å². The third-order valence-electron chi connectivity index (χ3n) is 7.87. The number of nitrogens with zero attached hydrogens (tertiary/aromatic N) is 1. The molecular weight excluding hydrogens is 494 g/mol. The van der Waals surface area contributed by atoms with Gasteiger partial charge in [0, 0.05) is 47.7 Å². The minimum Gasteiger partial charge on any atom is -0.507 e. The molecule has 0 spiro atoms. The number of phenols is 1. The Hall–Kier alpha value is -2.80. The molecule has 0 heterocycles. The number of nitrogens with one attached hydrogen (secondary N) is 1. The molecule has 208 valence electrons. The van der Waals surface area contributed by atoms with Crippen LogP contribution in [0, 0.1) is 17.3 Å². The fourth-order valence-electron chi connectivity index (χ4n) is 6.12. The molecular formula is C27H37N3O8. The van der Waals surface area contributed by atoms with E-state index in [0.717, 1.165) is 6.08 Å². The van der Waals surface area contributed by atoms with Crippen LogP contribution in [0.2, 0.25) is 0 Å². The average Bonchev–Trinajstić information content (AvgIpc) is 2.80. The summed E-state index contributed by atoms with van der Waals surface area (Å²) in [5.41, 5.74) is 2.34. The summed E-state index contributed by atoms with van der Waals surface area (Å²) in [6, 6.07) is 1.98. The molecule has 1 saturated carbocycles. The molecule has 11 heteroatoms. The van der Waals surface area contributed by atoms with Gasteiger partial charge in [-0.2, -0.15) is 0 Å². The normalized spacial score (nSPS) is 33.0. The maximum Gasteiger partial charge on any atom is 0.247 e. The van der Waals surface area contributed by atoms with Crippen molar-refractivity contribution in [1.29, 1.82) is 0 Å². The average molecular weight is 532 g/mol. The molecule has 0 aromatic heterocycles. The van der Waals surface area contributed by atoms with E-state index in [1.165, 1.54) is 25.1 Å². The summed E-state index contributed by atoms with van der Waals surface area (Å²) in [6.45, 7) is 7.00. The van der Waals surface area contributed by atoms with E-state index in [1.54, 1.807) is 6.07 Å². The van der Waals surface area contributed by atoms with E-state index in [0.29, 0.717) is 12.1 Å². The molecule has 3 aliphatic carbocycles. The van der Waals surface area contributed by atoms with Crippen molar-refractivity contribution in [2.24, 2.45) is 23.0 Å². The fourth-order valence-corrected chi connectivity index (χ4v) is 6.12. The Morgan fingerprint density at radius 2 is 1.76 bits per heavy atom. The van der Waals surface area contributed by atoms with Crippen molar-refractivity contribution in [2.75, 3.05) is 20.6 Å². The maximum atomic E-state index is 13.9. The number of likely N-dealkylation sites (N-methyl/N-ethyl adjacent to an activating group) is 1. The van der Waals surface area contributed by atoms with Gasteiger partial charge in [-0.05, 0) is 31.1 Å². The van der Waals surface area contributed by atoms with Crippen LogP contribution in [0.5, 0.6) is 5.75 Å². The fraction of sp³-hybridized carbons (Fsp3) is 0.556. The van der Waals surface area contributed by atoms with Crippen LogP contribution in [0.1, 0.15) is 43.6 Å². The molecule has 1 fully saturated rings. The van der Waals surface area contributed by atoms with E-state index in [1.807, 2.05) is 20.8 Å². The number of aliphatic hydroxyl groups excluding tert-OH is 4. The van der Waals surface area contributed by atoms with E-state index in [9.17, 15) is 40.2 Å². The maximum absolute atomic E-state index is 13.9. The van der Waals surface area contributed by atoms with Gasteiger partial charge in [-0.1, -0.05) is 32.9 Å². The number of rotatable bonds is 5. The van der Waals surface area contributed by atoms with Crippen molar-refractivity contribution in [3.63, 3.8) is 0 Å². The smallest absolute Gasteiger partial charge is 0.247 e. The van der Waals surface area contributed by atoms with Crippen LogP contribution >= 0.6 is 0 Å². The molecule has 0 saturated heterocycles. The predicted octanol–water partition coefficient (Wildman–Crippen LogP) is -0.532. The van der Waals surface area contributed by atoms with Gasteiger partial charge in [0.15, 0.2) is 11.4 Å². The number of ketones is 1. The first-order chi connectivity index (χ1) is 17.5. The number of primary amides is 1. The second-order valence-corrected chi connectivity index (χ2v) is 12.0. The standard InChI is InChI=1S/C27H37N3O8/c1-26(2,3)10-29-9-11-6-7-12-14(19(11)31)22(34)16-15(20(12)32)23(35)17-18(30(4)5)21(33)13(25(28)37)8-27(17,38)24(16)36/h6-8,15,17-18,20-21,23,29,31-35,38H,9-10H2,1-5H3,(H2,28,37)/t15-,17+,18-,20-,21?,23-,27-/m0/s1. The van der Waals surface area contributed by atoms with E-state index < -0.39 is 70.4 Å². The molecule has 1 aromatic rings. The lowest BCUT2D eigenvalue weighted by molar-refractivity contribution is -0.168. The van der Waals surface area contributed by atoms with Gasteiger partial charge in [-0.25, -0.2) is 0 Å². The van der Waals surface area contributed by atoms with E-state index in [4.69, 9.17) is 5.73 Å². The van der Waals surface area contributed by atoms with E-state index in [2.05, 4.69) is 5.32 Å². The van der Waals surface area contributed by atoms with Crippen LogP contribution in [0.15, 0.2) is 29.4 Å². The number of aliphatic hydroxyl groups is 5. The molecule has 9 N–H and O–H groups in total. The third-order valence-corrected chi connectivity index (χ3v) is 7.87. The second kappa shape index (κ2) is 9.44. The summed E-state index contributed by atoms with van der Waals surface area (Å²) >= 11 is 0. The Morgan fingerprint density at radius 3 is 2.32 bits per heavy atom. The number of Topliss-reactive ketones (excluding diaryl/α,β-unsaturated/α-hetero) is 1. The van der Waals surface area contributed by atoms with Gasteiger partial charge < -0.3 is 46.6 Å². The first-order valence-corrected chi connectivity index (χ1v) is 12.5. The largest absolute Gasteiger partial charge is 0.507 e. The van der Waals surface area contributed by atoms with Crippen molar-refractivity contribution in [3.05, 3.63) is 46.0 Å². The zero-order valence-electron chi connectivity index (χ0n) is 22.1. The second-order valence-electron chi connectivity index (χ2n) is 12.0. The Bertz CT molecular complexity index is 1230. The predicted molar refractivity (Wildman–Crippen MR) is 137 cm³/mol. The zero-order chi connectivity index (χ0) is 28.5. The molecule has 7 atom stereocenters. The molecule has 0 aliphatic heterocycles. The third kappa shape index (κ3) is 4.23. The Kier molecular flexibility index (Phi) is 7.01. The summed E-state index contributed by atoms with van der Waals surface area (Å²) in [5.74, 6) is -5.89. The van der Waals surface area contributed by atoms with Crippen molar-refractivity contribution in [3.8, 4) is 5.75 Å². The molecule has 11 nitrogen and oxygen atoms in total. The van der Waals surface area contributed by atoms with Crippen molar-refractivity contribution < 1.29 is 40.2 Å². The number of carbonyl (C=O) groups is 2. The van der Waals surface area contributed by atoms with Gasteiger partial charge in [0.1, 0.15) is 17.6 Å². The van der Waals surface area contributed by atoms with Crippen LogP contribution in [0.25, 0.3) is 5.76 Å². The molecule has 1 unspecified atom stereocenters. The van der Waals surface area contributed by atoms with Gasteiger partial charge >= 0.3 is 0 Å². The van der Waals surface area contributed by atoms with Gasteiger partial charge in [0.25, 0.3) is 0 Å². The van der Waals surface area contributed by atoms with Crippen LogP contribution in [-0.4, -0.2) is 91.7 Å². The van der Waals surface area contributed by atoms with E-state index in [-0.39, 0.29) is 28.8 Å². The molecule has 0 radical (unpaired) electrons. The summed E-state index contributed by atoms with van der Waals surface area (Å²) in [4.78, 5) is 27.4. The number of hydrogen-bond donors (Lipinski definition) is 8. The summed E-state index contributed by atoms with van der Waals surface area (Å²) in [6.07, 6.45) is -3.86. The van der Waals surface area contributed by atoms with Crippen LogP contribution in [-0.2, 0) is 16.1 Å². The first-order valence-electron chi connectivity index (χ1n) is 12.5. The van der Waals surface area contributed by atoms with Gasteiger partial charge in [-0.3, -0.25) is 9.59 Å². The molecule has 1 amide bonds. The van der Waals surface area contributed by atoms with Crippen molar-refractivity contribution >= 4 is 17.4 Å². The van der Waals surface area contributed by atoms with Crippen LogP contribution in [0.3, 0.4) is 0 Å². The Balaban J connectivity index is 1.87. The van der Waals surface area contributed by atoms with Crippen molar-refractivity contribution in [1.82, 2.24) is 10.2 Å². The molecule has 3 aliphatic rings. The highest BCUT2D eigenvalue weighted by molar-refractivity contribution is 6.11. The summed E-state index contributed by atoms with van der Waals surface area (Å²) in [7, 11) is 3.08. The number of aromatic hydroxyl groups is 1. The molecule has 38 heavy (non-hydrogen) atoms. The van der Waals surface area contributed by atoms with Crippen LogP contribution < -0.4 is 11.1 Å². The number of carbonyl (C=O) groups excluding carboxylic acids is 2. The number of hydrogen-bond acceptors (Lipinski definition) is 10. The highest BCUT2D eigenvalue weighted by Crippen LogP contribution is 2.55. The van der Waals surface area contributed by atoms with Gasteiger partial charge in [0.2, 0.25) is 5.91 Å². The molecule has 4 rings (SSSR count). The number of nitrogens with two attached hydrogens (primary N) is 1. The highest BCUT2D eigenvalue weighted by Gasteiger charge is 2.65. The molecule has 1 aromatic carbocycles. The monoisotopic (exact) mass is 531 g/mol. The van der Waals surface area contributed by atoms with Gasteiger partial charge in [0.05, 0.1) is 17.8 Å². The number of amides is 1. The first kappa shape index (κ1) is 28.2. The Labute approximate surface area is 220 Å². The summed E-state index contributed by atoms with van der Waals surface area (Å²) < 4.78 is 0. The lowest BCUT2D eigenvalue weighted by Crippen LogP contribution is -2.69. The SMILES string of the molecule is CN(C)[C@@H]1C(O)C(C(N)=O)=C[C@@]2(O)C(=O)C3=C(O)c4c(ccc(CNCC(C)(C)C)c4O)[C@H](O)[C@H]3[C@H](O)[C@@H]12. The van der Waals surface area contributed by atoms with Crippen molar-refractivity contribution in [2.45, 2.75) is 57.3 Å². The van der Waals surface area contributed by atoms with E-state index >= 15 is 0 Å². The topological polar surface area (TPSA) is 197 Å². The number of phenolic OH excluding ortho intramolecular Hbond substituents is 1. The highest BCUT2D eigenvalue weighted by atomic mass is 16.3. The van der Waals surface area contributed by atoms with Gasteiger partial charge in [-0.15, -0.1) is 0 Å². The summed E-state index contributed by atoms with van der Waals surface area (Å²) in [5, 5.41) is 71.0. The number of benzene rings is 1. The lowest BCUT2D eigenvalue weighted by Gasteiger charge is -2.54. The molecule has 0 bridgehead atoms. The zero-order valence-corrected chi connectivity index (χ0v) is 22.1. The number of fused-ring (bicyclic) bond motifs is 3. The minimum atomic E-state index is -2.53. The lowest BCUT2D eigenvalue weighted by atomic mass is 9.56.